The van der Waals surface area contributed by atoms with Crippen molar-refractivity contribution in [2.45, 2.75) is 59.7 Å². The van der Waals surface area contributed by atoms with E-state index in [1.165, 1.54) is 0 Å². The van der Waals surface area contributed by atoms with Gasteiger partial charge in [-0.1, -0.05) is 56.3 Å². The Bertz CT molecular complexity index is 1370. The number of carbonyl (C=O) groups is 3. The molecule has 2 N–H and O–H groups in total. The van der Waals surface area contributed by atoms with Gasteiger partial charge in [0.1, 0.15) is 18.1 Å². The van der Waals surface area contributed by atoms with E-state index >= 15 is 0 Å². The van der Waals surface area contributed by atoms with Gasteiger partial charge in [-0.2, -0.15) is 0 Å². The van der Waals surface area contributed by atoms with Gasteiger partial charge >= 0.3 is 5.97 Å². The predicted octanol–water partition coefficient (Wildman–Crippen LogP) is 5.95. The standard InChI is InChI=1S/C36H46N2O7/c1-6-45-36(4,5)17-19-38-34(40)25-43-32-21-29(20-30(22-32)35(41)44-23-27-10-8-7-9-11-27)28-12-14-31(15-13-28)42-24-33(39)37-18-16-26(2)3/h7-15,20-22,26H,6,16-19,23-25H2,1-5H3,(H,37,39)(H,38,40). The number of carbonyl (C=O) groups excluding carboxylic acids is 3. The maximum absolute atomic E-state index is 13.1. The lowest BCUT2D eigenvalue weighted by Gasteiger charge is -2.24. The lowest BCUT2D eigenvalue weighted by molar-refractivity contribution is -0.124. The summed E-state index contributed by atoms with van der Waals surface area (Å²) in [5, 5.41) is 5.71. The molecule has 0 fully saturated rings. The smallest absolute Gasteiger partial charge is 0.338 e. The Kier molecular flexibility index (Phi) is 13.9. The van der Waals surface area contributed by atoms with E-state index in [-0.39, 0.29) is 42.8 Å². The van der Waals surface area contributed by atoms with Gasteiger partial charge in [0.05, 0.1) is 11.2 Å². The van der Waals surface area contributed by atoms with Crippen molar-refractivity contribution in [3.05, 3.63) is 83.9 Å². The second kappa shape index (κ2) is 17.8. The highest BCUT2D eigenvalue weighted by molar-refractivity contribution is 5.92. The number of hydrogen-bond donors (Lipinski definition) is 2. The van der Waals surface area contributed by atoms with E-state index < -0.39 is 5.97 Å². The molecule has 0 bridgehead atoms. The van der Waals surface area contributed by atoms with Crippen LogP contribution in [0.4, 0.5) is 0 Å². The first-order valence-electron chi connectivity index (χ1n) is 15.4. The SMILES string of the molecule is CCOC(C)(C)CCNC(=O)COc1cc(C(=O)OCc2ccccc2)cc(-c2ccc(OCC(=O)NCCC(C)C)cc2)c1. The second-order valence-corrected chi connectivity index (χ2v) is 11.7. The first kappa shape index (κ1) is 35.1. The molecule has 9 nitrogen and oxygen atoms in total. The zero-order chi connectivity index (χ0) is 32.7. The van der Waals surface area contributed by atoms with Crippen molar-refractivity contribution in [1.82, 2.24) is 10.6 Å². The van der Waals surface area contributed by atoms with Crippen molar-refractivity contribution in [2.75, 3.05) is 32.9 Å². The summed E-state index contributed by atoms with van der Waals surface area (Å²) in [6, 6.07) is 21.6. The molecule has 3 rings (SSSR count). The van der Waals surface area contributed by atoms with Crippen LogP contribution in [0.2, 0.25) is 0 Å². The summed E-state index contributed by atoms with van der Waals surface area (Å²) in [6.07, 6.45) is 1.56. The summed E-state index contributed by atoms with van der Waals surface area (Å²) in [5.74, 6) is 0.422. The van der Waals surface area contributed by atoms with Crippen LogP contribution in [0.1, 0.15) is 63.4 Å². The number of esters is 1. The molecule has 3 aromatic rings. The van der Waals surface area contributed by atoms with Crippen LogP contribution in [0.3, 0.4) is 0 Å². The molecule has 0 heterocycles. The molecule has 0 saturated heterocycles. The van der Waals surface area contributed by atoms with Crippen LogP contribution < -0.4 is 20.1 Å². The van der Waals surface area contributed by atoms with Gasteiger partial charge in [-0.25, -0.2) is 4.79 Å². The van der Waals surface area contributed by atoms with E-state index in [9.17, 15) is 14.4 Å². The summed E-state index contributed by atoms with van der Waals surface area (Å²) < 4.78 is 22.7. The van der Waals surface area contributed by atoms with Gasteiger partial charge in [0, 0.05) is 19.7 Å². The summed E-state index contributed by atoms with van der Waals surface area (Å²) in [6.45, 7) is 11.6. The third-order valence-electron chi connectivity index (χ3n) is 6.91. The van der Waals surface area contributed by atoms with Gasteiger partial charge in [0.25, 0.3) is 11.8 Å². The molecule has 0 saturated carbocycles. The Morgan fingerprint density at radius 1 is 0.778 bits per heavy atom. The van der Waals surface area contributed by atoms with Gasteiger partial charge in [-0.15, -0.1) is 0 Å². The van der Waals surface area contributed by atoms with Crippen LogP contribution in [0.25, 0.3) is 11.1 Å². The van der Waals surface area contributed by atoms with Crippen LogP contribution in [-0.4, -0.2) is 56.3 Å². The third kappa shape index (κ3) is 13.0. The van der Waals surface area contributed by atoms with Crippen molar-refractivity contribution in [3.63, 3.8) is 0 Å². The number of benzene rings is 3. The monoisotopic (exact) mass is 618 g/mol. The Balaban J connectivity index is 1.68. The van der Waals surface area contributed by atoms with Gasteiger partial charge in [0.2, 0.25) is 0 Å². The summed E-state index contributed by atoms with van der Waals surface area (Å²) in [5.41, 5.74) is 2.29. The predicted molar refractivity (Wildman–Crippen MR) is 174 cm³/mol. The normalized spacial score (nSPS) is 11.2. The minimum absolute atomic E-state index is 0.0800. The van der Waals surface area contributed by atoms with Gasteiger partial charge in [-0.05, 0) is 86.6 Å². The van der Waals surface area contributed by atoms with Crippen LogP contribution in [0.15, 0.2) is 72.8 Å². The average Bonchev–Trinajstić information content (AvgIpc) is 3.02. The molecule has 0 spiro atoms. The molecule has 0 atom stereocenters. The van der Waals surface area contributed by atoms with Gasteiger partial charge < -0.3 is 29.6 Å². The van der Waals surface area contributed by atoms with Crippen LogP contribution in [0.5, 0.6) is 11.5 Å². The first-order valence-corrected chi connectivity index (χ1v) is 15.4. The van der Waals surface area contributed by atoms with E-state index in [4.69, 9.17) is 18.9 Å². The molecule has 9 heteroatoms. The average molecular weight is 619 g/mol. The van der Waals surface area contributed by atoms with E-state index in [1.54, 1.807) is 30.3 Å². The highest BCUT2D eigenvalue weighted by Crippen LogP contribution is 2.28. The Morgan fingerprint density at radius 3 is 2.07 bits per heavy atom. The second-order valence-electron chi connectivity index (χ2n) is 11.7. The largest absolute Gasteiger partial charge is 0.484 e. The first-order chi connectivity index (χ1) is 21.5. The quantitative estimate of drug-likeness (QED) is 0.169. The maximum Gasteiger partial charge on any atom is 0.338 e. The molecule has 2 amide bonds. The fourth-order valence-corrected chi connectivity index (χ4v) is 4.38. The lowest BCUT2D eigenvalue weighted by atomic mass is 10.0. The highest BCUT2D eigenvalue weighted by atomic mass is 16.5. The lowest BCUT2D eigenvalue weighted by Crippen LogP contribution is -2.35. The Morgan fingerprint density at radius 2 is 1.42 bits per heavy atom. The molecule has 242 valence electrons. The van der Waals surface area contributed by atoms with Gasteiger partial charge in [0.15, 0.2) is 13.2 Å². The van der Waals surface area contributed by atoms with Crippen molar-refractivity contribution < 1.29 is 33.3 Å². The number of nitrogens with one attached hydrogen (secondary N) is 2. The summed E-state index contributed by atoms with van der Waals surface area (Å²) >= 11 is 0. The van der Waals surface area contributed by atoms with Crippen molar-refractivity contribution in [1.29, 1.82) is 0 Å². The molecule has 45 heavy (non-hydrogen) atoms. The fourth-order valence-electron chi connectivity index (χ4n) is 4.38. The molecule has 3 aromatic carbocycles. The number of rotatable bonds is 18. The molecule has 0 aliphatic heterocycles. The van der Waals surface area contributed by atoms with E-state index in [0.717, 1.165) is 17.5 Å². The van der Waals surface area contributed by atoms with Crippen LogP contribution in [-0.2, 0) is 25.7 Å². The van der Waals surface area contributed by atoms with Crippen molar-refractivity contribution >= 4 is 17.8 Å². The van der Waals surface area contributed by atoms with E-state index in [2.05, 4.69) is 24.5 Å². The molecule has 0 aliphatic carbocycles. The minimum Gasteiger partial charge on any atom is -0.484 e. The number of hydrogen-bond acceptors (Lipinski definition) is 7. The highest BCUT2D eigenvalue weighted by Gasteiger charge is 2.18. The maximum atomic E-state index is 13.1. The molecular formula is C36H46N2O7. The van der Waals surface area contributed by atoms with Crippen molar-refractivity contribution in [3.8, 4) is 22.6 Å². The van der Waals surface area contributed by atoms with Crippen LogP contribution >= 0.6 is 0 Å². The molecule has 0 radical (unpaired) electrons. The molecule has 0 unspecified atom stereocenters. The van der Waals surface area contributed by atoms with E-state index in [1.807, 2.05) is 63.2 Å². The topological polar surface area (TPSA) is 112 Å². The molecular weight excluding hydrogens is 572 g/mol. The number of ether oxygens (including phenoxy) is 4. The Labute approximate surface area is 266 Å². The summed E-state index contributed by atoms with van der Waals surface area (Å²) in [4.78, 5) is 37.7. The number of amides is 2. The van der Waals surface area contributed by atoms with E-state index in [0.29, 0.717) is 49.1 Å². The molecule has 0 aliphatic rings. The van der Waals surface area contributed by atoms with Crippen molar-refractivity contribution in [2.24, 2.45) is 5.92 Å². The zero-order valence-corrected chi connectivity index (χ0v) is 27.0. The summed E-state index contributed by atoms with van der Waals surface area (Å²) in [7, 11) is 0. The minimum atomic E-state index is -0.517. The zero-order valence-electron chi connectivity index (χ0n) is 27.0. The van der Waals surface area contributed by atoms with Crippen LogP contribution in [0, 0.1) is 5.92 Å². The van der Waals surface area contributed by atoms with Gasteiger partial charge in [-0.3, -0.25) is 9.59 Å². The fraction of sp³-hybridized carbons (Fsp3) is 0.417. The Hall–Kier alpha value is -4.37. The molecule has 0 aromatic heterocycles. The third-order valence-corrected chi connectivity index (χ3v) is 6.91.